The largest absolute Gasteiger partial charge is 0.433 e. The summed E-state index contributed by atoms with van der Waals surface area (Å²) in [6, 6.07) is 11.3. The number of carbonyl (C=O) groups is 1. The summed E-state index contributed by atoms with van der Waals surface area (Å²) in [5.74, 6) is 1.01. The summed E-state index contributed by atoms with van der Waals surface area (Å²) in [5, 5.41) is 10.6. The molecule has 0 unspecified atom stereocenters. The Bertz CT molecular complexity index is 1410. The number of hydrogen-bond donors (Lipinski definition) is 2. The highest BCUT2D eigenvalue weighted by molar-refractivity contribution is 5.99. The van der Waals surface area contributed by atoms with Crippen LogP contribution in [0.4, 0.5) is 29.5 Å². The second-order valence-electron chi connectivity index (χ2n) is 9.01. The number of urea groups is 1. The first kappa shape index (κ1) is 24.5. The first-order valence-electron chi connectivity index (χ1n) is 11.9. The summed E-state index contributed by atoms with van der Waals surface area (Å²) in [7, 11) is 0. The van der Waals surface area contributed by atoms with Gasteiger partial charge in [-0.25, -0.2) is 14.8 Å². The highest BCUT2D eigenvalue weighted by Crippen LogP contribution is 2.35. The summed E-state index contributed by atoms with van der Waals surface area (Å²) in [4.78, 5) is 23.0. The van der Waals surface area contributed by atoms with Crippen LogP contribution in [0.15, 0.2) is 53.2 Å². The summed E-state index contributed by atoms with van der Waals surface area (Å²) < 4.78 is 45.4. The fourth-order valence-corrected chi connectivity index (χ4v) is 4.48. The number of rotatable bonds is 4. The second-order valence-corrected chi connectivity index (χ2v) is 9.01. The Morgan fingerprint density at radius 3 is 2.46 bits per heavy atom. The number of carbonyl (C=O) groups excluding carboxylic acids is 1. The molecule has 1 aliphatic heterocycles. The Morgan fingerprint density at radius 1 is 1.08 bits per heavy atom. The maximum atomic E-state index is 13.4. The van der Waals surface area contributed by atoms with Crippen molar-refractivity contribution in [1.29, 1.82) is 0 Å². The van der Waals surface area contributed by atoms with Crippen molar-refractivity contribution >= 4 is 28.4 Å². The van der Waals surface area contributed by atoms with E-state index in [0.717, 1.165) is 11.6 Å². The molecular formula is C26H25F3N6O2. The summed E-state index contributed by atoms with van der Waals surface area (Å²) in [6.45, 7) is 4.50. The molecule has 37 heavy (non-hydrogen) atoms. The third kappa shape index (κ3) is 5.07. The summed E-state index contributed by atoms with van der Waals surface area (Å²) in [5.41, 5.74) is 1.72. The van der Waals surface area contributed by atoms with E-state index < -0.39 is 11.9 Å². The molecule has 11 heteroatoms. The molecule has 1 aromatic carbocycles. The van der Waals surface area contributed by atoms with Crippen LogP contribution in [0.5, 0.6) is 0 Å². The van der Waals surface area contributed by atoms with Crippen LogP contribution in [0, 0.1) is 13.8 Å². The Balaban J connectivity index is 1.35. The maximum absolute atomic E-state index is 13.4. The Morgan fingerprint density at radius 2 is 1.81 bits per heavy atom. The minimum atomic E-state index is -4.56. The number of piperidine rings is 1. The average molecular weight is 511 g/mol. The number of likely N-dealkylation sites (tertiary alicyclic amines) is 1. The first-order valence-corrected chi connectivity index (χ1v) is 11.9. The molecule has 192 valence electrons. The number of anilines is 2. The van der Waals surface area contributed by atoms with E-state index in [4.69, 9.17) is 4.52 Å². The number of aromatic nitrogens is 3. The minimum absolute atomic E-state index is 0.0105. The number of aryl methyl sites for hydroxylation is 2. The molecule has 1 saturated heterocycles. The van der Waals surface area contributed by atoms with Gasteiger partial charge < -0.3 is 20.1 Å². The zero-order valence-corrected chi connectivity index (χ0v) is 20.3. The monoisotopic (exact) mass is 510 g/mol. The fraction of sp³-hybridized carbons (Fsp3) is 0.308. The molecule has 0 bridgehead atoms. The van der Waals surface area contributed by atoms with Crippen LogP contribution in [0.25, 0.3) is 22.0 Å². The van der Waals surface area contributed by atoms with Crippen molar-refractivity contribution in [3.63, 3.8) is 0 Å². The molecule has 3 aromatic heterocycles. The Kier molecular flexibility index (Phi) is 6.45. The molecule has 0 radical (unpaired) electrons. The third-order valence-electron chi connectivity index (χ3n) is 6.49. The average Bonchev–Trinajstić information content (AvgIpc) is 3.21. The van der Waals surface area contributed by atoms with Crippen LogP contribution in [0.3, 0.4) is 0 Å². The van der Waals surface area contributed by atoms with Gasteiger partial charge in [-0.1, -0.05) is 35.5 Å². The second kappa shape index (κ2) is 9.72. The summed E-state index contributed by atoms with van der Waals surface area (Å²) in [6.07, 6.45) is -1.71. The number of nitrogens with one attached hydrogen (secondary N) is 2. The quantitative estimate of drug-likeness (QED) is 0.348. The number of nitrogens with zero attached hydrogens (tertiary/aromatic N) is 4. The van der Waals surface area contributed by atoms with Gasteiger partial charge in [0.2, 0.25) is 0 Å². The highest BCUT2D eigenvalue weighted by Gasteiger charge is 2.33. The highest BCUT2D eigenvalue weighted by atomic mass is 19.4. The minimum Gasteiger partial charge on any atom is -0.367 e. The molecule has 4 heterocycles. The molecule has 2 amide bonds. The van der Waals surface area contributed by atoms with E-state index in [1.54, 1.807) is 24.9 Å². The van der Waals surface area contributed by atoms with Crippen molar-refractivity contribution in [3.05, 3.63) is 65.8 Å². The van der Waals surface area contributed by atoms with Crippen LogP contribution in [-0.2, 0) is 6.18 Å². The van der Waals surface area contributed by atoms with Crippen molar-refractivity contribution in [2.45, 2.75) is 38.9 Å². The van der Waals surface area contributed by atoms with Gasteiger partial charge in [-0.2, -0.15) is 13.2 Å². The third-order valence-corrected chi connectivity index (χ3v) is 6.49. The molecule has 4 aromatic rings. The van der Waals surface area contributed by atoms with Crippen molar-refractivity contribution in [1.82, 2.24) is 20.0 Å². The smallest absolute Gasteiger partial charge is 0.367 e. The fourth-order valence-electron chi connectivity index (χ4n) is 4.48. The zero-order valence-electron chi connectivity index (χ0n) is 20.3. The standard InChI is InChI=1S/C26H25F3N6O2/c1-15-22(16(2)37-34-15)33-25(36)35-12-10-18(11-13-35)31-24-19-8-9-21(26(27,28)29)32-23(19)20(14-30-24)17-6-4-3-5-7-17/h3-9,14,18H,10-13H2,1-2H3,(H,30,31)(H,33,36). The van der Waals surface area contributed by atoms with E-state index in [1.165, 1.54) is 6.07 Å². The lowest BCUT2D eigenvalue weighted by molar-refractivity contribution is -0.140. The van der Waals surface area contributed by atoms with Crippen LogP contribution in [-0.4, -0.2) is 45.2 Å². The molecule has 0 aliphatic carbocycles. The van der Waals surface area contributed by atoms with Gasteiger partial charge in [0, 0.05) is 36.3 Å². The van der Waals surface area contributed by atoms with Gasteiger partial charge in [-0.05, 0) is 44.4 Å². The predicted octanol–water partition coefficient (Wildman–Crippen LogP) is 6.03. The van der Waals surface area contributed by atoms with Crippen molar-refractivity contribution in [3.8, 4) is 11.1 Å². The first-order chi connectivity index (χ1) is 17.7. The molecular weight excluding hydrogens is 485 g/mol. The van der Waals surface area contributed by atoms with E-state index in [-0.39, 0.29) is 17.6 Å². The molecule has 0 saturated carbocycles. The van der Waals surface area contributed by atoms with E-state index in [0.29, 0.717) is 59.8 Å². The van der Waals surface area contributed by atoms with Gasteiger partial charge in [0.15, 0.2) is 5.76 Å². The normalized spacial score (nSPS) is 14.7. The molecule has 5 rings (SSSR count). The molecule has 0 atom stereocenters. The number of hydrogen-bond acceptors (Lipinski definition) is 6. The maximum Gasteiger partial charge on any atom is 0.433 e. The van der Waals surface area contributed by atoms with Gasteiger partial charge in [0.05, 0.1) is 5.52 Å². The van der Waals surface area contributed by atoms with E-state index >= 15 is 0 Å². The number of benzene rings is 1. The molecule has 8 nitrogen and oxygen atoms in total. The number of alkyl halides is 3. The number of halogens is 3. The number of pyridine rings is 2. The van der Waals surface area contributed by atoms with Crippen LogP contribution >= 0.6 is 0 Å². The van der Waals surface area contributed by atoms with Gasteiger partial charge >= 0.3 is 12.2 Å². The van der Waals surface area contributed by atoms with Crippen molar-refractivity contribution < 1.29 is 22.5 Å². The topological polar surface area (TPSA) is 96.2 Å². The molecule has 2 N–H and O–H groups in total. The zero-order chi connectivity index (χ0) is 26.2. The van der Waals surface area contributed by atoms with Gasteiger partial charge in [-0.15, -0.1) is 0 Å². The summed E-state index contributed by atoms with van der Waals surface area (Å²) >= 11 is 0. The lowest BCUT2D eigenvalue weighted by Crippen LogP contribution is -2.44. The SMILES string of the molecule is Cc1noc(C)c1NC(=O)N1CCC(Nc2ncc(-c3ccccc3)c3nc(C(F)(F)F)ccc23)CC1. The van der Waals surface area contributed by atoms with E-state index in [1.807, 2.05) is 30.3 Å². The van der Waals surface area contributed by atoms with Crippen molar-refractivity contribution in [2.75, 3.05) is 23.7 Å². The van der Waals surface area contributed by atoms with Gasteiger partial charge in [0.1, 0.15) is 22.9 Å². The number of fused-ring (bicyclic) bond motifs is 1. The molecule has 1 aliphatic rings. The Hall–Kier alpha value is -4.15. The Labute approximate surface area is 210 Å². The van der Waals surface area contributed by atoms with E-state index in [9.17, 15) is 18.0 Å². The molecule has 1 fully saturated rings. The lowest BCUT2D eigenvalue weighted by atomic mass is 10.0. The van der Waals surface area contributed by atoms with Crippen LogP contribution in [0.1, 0.15) is 30.0 Å². The van der Waals surface area contributed by atoms with Crippen LogP contribution in [0.2, 0.25) is 0 Å². The number of amides is 2. The van der Waals surface area contributed by atoms with Crippen molar-refractivity contribution in [2.24, 2.45) is 0 Å². The van der Waals surface area contributed by atoms with Gasteiger partial charge in [-0.3, -0.25) is 0 Å². The van der Waals surface area contributed by atoms with Gasteiger partial charge in [0.25, 0.3) is 0 Å². The predicted molar refractivity (Wildman–Crippen MR) is 133 cm³/mol. The molecule has 0 spiro atoms. The van der Waals surface area contributed by atoms with E-state index in [2.05, 4.69) is 25.8 Å². The van der Waals surface area contributed by atoms with Crippen LogP contribution < -0.4 is 10.6 Å². The lowest BCUT2D eigenvalue weighted by Gasteiger charge is -2.32.